The van der Waals surface area contributed by atoms with E-state index in [2.05, 4.69) is 33.8 Å². The molecule has 3 aliphatic rings. The molecule has 0 aromatic rings. The van der Waals surface area contributed by atoms with Crippen molar-refractivity contribution >= 4 is 5.97 Å². The van der Waals surface area contributed by atoms with Crippen molar-refractivity contribution < 1.29 is 9.53 Å². The largest absolute Gasteiger partial charge is 0.469 e. The highest BCUT2D eigenvalue weighted by molar-refractivity contribution is 5.77. The van der Waals surface area contributed by atoms with E-state index in [1.165, 1.54) is 25.7 Å². The Balaban J connectivity index is 1.92. The summed E-state index contributed by atoms with van der Waals surface area (Å²) in [5, 5.41) is 0. The van der Waals surface area contributed by atoms with E-state index in [-0.39, 0.29) is 16.8 Å². The summed E-state index contributed by atoms with van der Waals surface area (Å²) in [6, 6.07) is 0. The molecule has 2 fully saturated rings. The molecule has 130 valence electrons. The summed E-state index contributed by atoms with van der Waals surface area (Å²) in [4.78, 5) is 12.5. The summed E-state index contributed by atoms with van der Waals surface area (Å²) < 4.78 is 5.21. The molecule has 23 heavy (non-hydrogen) atoms. The van der Waals surface area contributed by atoms with Crippen LogP contribution in [0.4, 0.5) is 0 Å². The van der Waals surface area contributed by atoms with Crippen LogP contribution in [0.5, 0.6) is 0 Å². The van der Waals surface area contributed by atoms with Gasteiger partial charge in [0, 0.05) is 0 Å². The minimum Gasteiger partial charge on any atom is -0.469 e. The number of ether oxygens (including phenoxy) is 1. The Morgan fingerprint density at radius 3 is 2.65 bits per heavy atom. The Hall–Kier alpha value is -0.790. The van der Waals surface area contributed by atoms with Crippen molar-refractivity contribution in [1.82, 2.24) is 0 Å². The van der Waals surface area contributed by atoms with E-state index in [4.69, 9.17) is 4.74 Å². The van der Waals surface area contributed by atoms with Crippen LogP contribution in [0.25, 0.3) is 0 Å². The number of rotatable bonds is 2. The van der Waals surface area contributed by atoms with Crippen molar-refractivity contribution in [3.63, 3.8) is 0 Å². The smallest absolute Gasteiger partial charge is 0.311 e. The fourth-order valence-corrected chi connectivity index (χ4v) is 6.27. The first-order valence-corrected chi connectivity index (χ1v) is 9.60. The highest BCUT2D eigenvalue weighted by Gasteiger charge is 2.57. The van der Waals surface area contributed by atoms with Crippen molar-refractivity contribution in [1.29, 1.82) is 0 Å². The van der Waals surface area contributed by atoms with Gasteiger partial charge < -0.3 is 4.74 Å². The molecule has 0 heterocycles. The van der Waals surface area contributed by atoms with E-state index in [0.29, 0.717) is 11.8 Å². The zero-order valence-electron chi connectivity index (χ0n) is 15.7. The van der Waals surface area contributed by atoms with Crippen molar-refractivity contribution in [3.05, 3.63) is 11.6 Å². The Morgan fingerprint density at radius 1 is 1.26 bits per heavy atom. The average molecular weight is 319 g/mol. The zero-order valence-corrected chi connectivity index (χ0v) is 15.7. The lowest BCUT2D eigenvalue weighted by Gasteiger charge is -2.58. The van der Waals surface area contributed by atoms with Gasteiger partial charge >= 0.3 is 5.97 Å². The van der Waals surface area contributed by atoms with Gasteiger partial charge in [-0.05, 0) is 74.5 Å². The third-order valence-electron chi connectivity index (χ3n) is 7.75. The second kappa shape index (κ2) is 5.93. The molecular formula is C21H34O2. The van der Waals surface area contributed by atoms with Crippen LogP contribution < -0.4 is 0 Å². The lowest BCUT2D eigenvalue weighted by molar-refractivity contribution is -0.166. The number of carbonyl (C=O) groups excluding carboxylic acids is 1. The van der Waals surface area contributed by atoms with Gasteiger partial charge in [-0.15, -0.1) is 0 Å². The van der Waals surface area contributed by atoms with Gasteiger partial charge in [0.2, 0.25) is 0 Å². The fourth-order valence-electron chi connectivity index (χ4n) is 6.27. The summed E-state index contributed by atoms with van der Waals surface area (Å²) in [5.74, 6) is 2.80. The second-order valence-corrected chi connectivity index (χ2v) is 9.17. The monoisotopic (exact) mass is 318 g/mol. The minimum absolute atomic E-state index is 0.0149. The predicted molar refractivity (Wildman–Crippen MR) is 93.9 cm³/mol. The van der Waals surface area contributed by atoms with Crippen molar-refractivity contribution in [3.8, 4) is 0 Å². The van der Waals surface area contributed by atoms with Gasteiger partial charge in [0.25, 0.3) is 0 Å². The van der Waals surface area contributed by atoms with E-state index in [0.717, 1.165) is 31.1 Å². The Morgan fingerprint density at radius 2 is 2.00 bits per heavy atom. The van der Waals surface area contributed by atoms with Crippen molar-refractivity contribution in [2.24, 2.45) is 34.5 Å². The molecule has 2 heteroatoms. The van der Waals surface area contributed by atoms with Crippen LogP contribution in [0, 0.1) is 34.5 Å². The van der Waals surface area contributed by atoms with E-state index < -0.39 is 0 Å². The number of hydrogen-bond donors (Lipinski definition) is 0. The molecule has 0 aromatic heterocycles. The van der Waals surface area contributed by atoms with Crippen LogP contribution in [-0.2, 0) is 9.53 Å². The average Bonchev–Trinajstić information content (AvgIpc) is 2.53. The predicted octanol–water partition coefficient (Wildman–Crippen LogP) is 5.37. The van der Waals surface area contributed by atoms with Gasteiger partial charge in [-0.3, -0.25) is 4.79 Å². The Bertz CT molecular complexity index is 506. The number of fused-ring (bicyclic) bond motifs is 3. The quantitative estimate of drug-likeness (QED) is 0.505. The first kappa shape index (κ1) is 17.0. The molecule has 0 radical (unpaired) electrons. The van der Waals surface area contributed by atoms with Crippen LogP contribution >= 0.6 is 0 Å². The normalized spacial score (nSPS) is 43.4. The standard InChI is InChI=1S/C21H34O2/c1-14(2)15-7-9-17-16(13-15)8-10-18-20(17,3)11-6-12-21(18,4)19(22)23-5/h8,14-15,17-18H,6-7,9-13H2,1-5H3/t15?,17-,18?,20-,21+/m1/s1. The third-order valence-corrected chi connectivity index (χ3v) is 7.75. The van der Waals surface area contributed by atoms with E-state index >= 15 is 0 Å². The van der Waals surface area contributed by atoms with Crippen LogP contribution in [0.15, 0.2) is 11.6 Å². The minimum atomic E-state index is -0.293. The highest BCUT2D eigenvalue weighted by Crippen LogP contribution is 2.63. The fraction of sp³-hybridized carbons (Fsp3) is 0.857. The van der Waals surface area contributed by atoms with Gasteiger partial charge in [0.1, 0.15) is 0 Å². The van der Waals surface area contributed by atoms with E-state index in [9.17, 15) is 4.79 Å². The molecule has 0 aliphatic heterocycles. The SMILES string of the molecule is COC(=O)[C@@]1(C)CCC[C@@]2(C)C1CC=C1CC(C(C)C)CC[C@H]12. The molecular weight excluding hydrogens is 284 g/mol. The third kappa shape index (κ3) is 2.57. The maximum absolute atomic E-state index is 12.5. The lowest BCUT2D eigenvalue weighted by Crippen LogP contribution is -2.53. The van der Waals surface area contributed by atoms with Crippen molar-refractivity contribution in [2.45, 2.75) is 72.6 Å². The molecule has 2 nitrogen and oxygen atoms in total. The number of hydrogen-bond acceptors (Lipinski definition) is 2. The molecule has 0 amide bonds. The topological polar surface area (TPSA) is 26.3 Å². The number of carbonyl (C=O) groups is 1. The highest BCUT2D eigenvalue weighted by atomic mass is 16.5. The molecule has 3 aliphatic carbocycles. The summed E-state index contributed by atoms with van der Waals surface area (Å²) in [6.45, 7) is 9.38. The summed E-state index contributed by atoms with van der Waals surface area (Å²) >= 11 is 0. The first-order chi connectivity index (χ1) is 10.8. The van der Waals surface area contributed by atoms with Gasteiger partial charge in [-0.25, -0.2) is 0 Å². The van der Waals surface area contributed by atoms with Gasteiger partial charge in [0.15, 0.2) is 0 Å². The molecule has 2 unspecified atom stereocenters. The number of esters is 1. The number of allylic oxidation sites excluding steroid dienone is 2. The van der Waals surface area contributed by atoms with Crippen LogP contribution in [-0.4, -0.2) is 13.1 Å². The van der Waals surface area contributed by atoms with Crippen LogP contribution in [0.1, 0.15) is 72.6 Å². The molecule has 5 atom stereocenters. The summed E-state index contributed by atoms with van der Waals surface area (Å²) in [6.07, 6.45) is 11.0. The Kier molecular flexibility index (Phi) is 4.40. The maximum atomic E-state index is 12.5. The van der Waals surface area contributed by atoms with E-state index in [1.807, 2.05) is 0 Å². The Labute approximate surface area is 142 Å². The molecule has 0 spiro atoms. The molecule has 0 N–H and O–H groups in total. The molecule has 2 saturated carbocycles. The van der Waals surface area contributed by atoms with Gasteiger partial charge in [-0.1, -0.05) is 38.8 Å². The molecule has 0 saturated heterocycles. The number of methoxy groups -OCH3 is 1. The summed E-state index contributed by atoms with van der Waals surface area (Å²) in [5.41, 5.74) is 1.70. The van der Waals surface area contributed by atoms with E-state index in [1.54, 1.807) is 12.7 Å². The molecule has 3 rings (SSSR count). The zero-order chi connectivity index (χ0) is 16.8. The molecule has 0 aromatic carbocycles. The van der Waals surface area contributed by atoms with Gasteiger partial charge in [-0.2, -0.15) is 0 Å². The van der Waals surface area contributed by atoms with Crippen LogP contribution in [0.2, 0.25) is 0 Å². The lowest BCUT2D eigenvalue weighted by atomic mass is 9.46. The first-order valence-electron chi connectivity index (χ1n) is 9.60. The van der Waals surface area contributed by atoms with Crippen LogP contribution in [0.3, 0.4) is 0 Å². The van der Waals surface area contributed by atoms with Gasteiger partial charge in [0.05, 0.1) is 12.5 Å². The second-order valence-electron chi connectivity index (χ2n) is 9.17. The maximum Gasteiger partial charge on any atom is 0.311 e. The van der Waals surface area contributed by atoms with Crippen molar-refractivity contribution in [2.75, 3.05) is 7.11 Å². The summed E-state index contributed by atoms with van der Waals surface area (Å²) in [7, 11) is 1.55. The molecule has 0 bridgehead atoms.